The average Bonchev–Trinajstić information content (AvgIpc) is 3.25. The molecule has 0 atom stereocenters. The second-order valence-corrected chi connectivity index (χ2v) is 9.23. The van der Waals surface area contributed by atoms with Gasteiger partial charge in [0.1, 0.15) is 12.2 Å². The highest BCUT2D eigenvalue weighted by atomic mass is 19.4. The van der Waals surface area contributed by atoms with E-state index in [2.05, 4.69) is 32.8 Å². The Morgan fingerprint density at radius 2 is 2.03 bits per heavy atom. The second-order valence-electron chi connectivity index (χ2n) is 9.23. The number of nitrogens with one attached hydrogen (secondary N) is 3. The van der Waals surface area contributed by atoms with Crippen LogP contribution >= 0.6 is 0 Å². The highest BCUT2D eigenvalue weighted by molar-refractivity contribution is 5.92. The molecule has 1 saturated heterocycles. The van der Waals surface area contributed by atoms with Crippen molar-refractivity contribution in [1.82, 2.24) is 20.2 Å². The SMILES string of the molecule is COCCNC(=O)c1ccc(NCC#Cc2cc3cc(CNC4CCOCC4)ccc3n2CC(F)(F)F)cn1. The Bertz CT molecular complexity index is 1310. The van der Waals surface area contributed by atoms with Crippen LogP contribution in [0.25, 0.3) is 10.9 Å². The van der Waals surface area contributed by atoms with E-state index < -0.39 is 12.7 Å². The van der Waals surface area contributed by atoms with Gasteiger partial charge in [0.15, 0.2) is 0 Å². The van der Waals surface area contributed by atoms with Crippen molar-refractivity contribution in [1.29, 1.82) is 0 Å². The summed E-state index contributed by atoms with van der Waals surface area (Å²) in [6.07, 6.45) is -0.985. The van der Waals surface area contributed by atoms with E-state index in [0.717, 1.165) is 31.6 Å². The third-order valence-corrected chi connectivity index (χ3v) is 6.30. The van der Waals surface area contributed by atoms with Gasteiger partial charge in [0.2, 0.25) is 0 Å². The maximum atomic E-state index is 13.4. The largest absolute Gasteiger partial charge is 0.406 e. The Balaban J connectivity index is 1.42. The Hall–Kier alpha value is -3.59. The van der Waals surface area contributed by atoms with Gasteiger partial charge in [0, 0.05) is 50.4 Å². The predicted molar refractivity (Wildman–Crippen MR) is 142 cm³/mol. The minimum atomic E-state index is -4.38. The summed E-state index contributed by atoms with van der Waals surface area (Å²) in [4.78, 5) is 16.1. The van der Waals surface area contributed by atoms with Gasteiger partial charge in [-0.25, -0.2) is 4.98 Å². The van der Waals surface area contributed by atoms with E-state index >= 15 is 0 Å². The van der Waals surface area contributed by atoms with Crippen molar-refractivity contribution >= 4 is 22.5 Å². The van der Waals surface area contributed by atoms with Gasteiger partial charge in [-0.2, -0.15) is 13.2 Å². The molecule has 3 N–H and O–H groups in total. The molecule has 1 aliphatic rings. The number of hydrogen-bond acceptors (Lipinski definition) is 6. The van der Waals surface area contributed by atoms with Crippen molar-refractivity contribution in [2.75, 3.05) is 45.3 Å². The standard InChI is InChI=1S/C28H32F3N5O3/c1-38-14-11-33-27(37)25-6-5-23(18-35-25)32-10-2-3-24-16-21-15-20(17-34-22-8-12-39-13-9-22)4-7-26(21)36(24)19-28(29,30)31/h4-7,15-16,18,22,32,34H,8-14,17,19H2,1H3,(H,33,37). The van der Waals surface area contributed by atoms with E-state index in [4.69, 9.17) is 9.47 Å². The first-order chi connectivity index (χ1) is 18.8. The molecule has 0 spiro atoms. The lowest BCUT2D eigenvalue weighted by molar-refractivity contribution is -0.140. The summed E-state index contributed by atoms with van der Waals surface area (Å²) < 4.78 is 51.6. The first-order valence-corrected chi connectivity index (χ1v) is 12.8. The number of nitrogens with zero attached hydrogens (tertiary/aromatic N) is 2. The summed E-state index contributed by atoms with van der Waals surface area (Å²) in [5, 5.41) is 9.96. The minimum Gasteiger partial charge on any atom is -0.383 e. The number of ether oxygens (including phenoxy) is 2. The van der Waals surface area contributed by atoms with Crippen LogP contribution in [0, 0.1) is 11.8 Å². The molecule has 1 fully saturated rings. The summed E-state index contributed by atoms with van der Waals surface area (Å²) in [7, 11) is 1.55. The van der Waals surface area contributed by atoms with Crippen LogP contribution in [0.2, 0.25) is 0 Å². The smallest absolute Gasteiger partial charge is 0.383 e. The van der Waals surface area contributed by atoms with Crippen LogP contribution in [0.5, 0.6) is 0 Å². The number of fused-ring (bicyclic) bond motifs is 1. The molecule has 2 aromatic heterocycles. The number of carbonyl (C=O) groups is 1. The van der Waals surface area contributed by atoms with E-state index in [-0.39, 0.29) is 18.1 Å². The summed E-state index contributed by atoms with van der Waals surface area (Å²) in [5.41, 5.74) is 2.68. The number of hydrogen-bond donors (Lipinski definition) is 3. The number of pyridine rings is 1. The molecule has 8 nitrogen and oxygen atoms in total. The Kier molecular flexibility index (Phi) is 9.81. The fourth-order valence-corrected chi connectivity index (χ4v) is 4.32. The van der Waals surface area contributed by atoms with Crippen LogP contribution in [0.1, 0.15) is 34.6 Å². The Labute approximate surface area is 225 Å². The number of alkyl halides is 3. The number of carbonyl (C=O) groups excluding carboxylic acids is 1. The van der Waals surface area contributed by atoms with Crippen molar-refractivity contribution in [2.45, 2.75) is 38.1 Å². The van der Waals surface area contributed by atoms with Crippen LogP contribution in [0.3, 0.4) is 0 Å². The van der Waals surface area contributed by atoms with E-state index in [1.165, 1.54) is 10.8 Å². The highest BCUT2D eigenvalue weighted by Gasteiger charge is 2.29. The monoisotopic (exact) mass is 543 g/mol. The number of benzene rings is 1. The third-order valence-electron chi connectivity index (χ3n) is 6.30. The van der Waals surface area contributed by atoms with Crippen LogP contribution in [0.4, 0.5) is 18.9 Å². The molecule has 1 aromatic carbocycles. The number of halogens is 3. The lowest BCUT2D eigenvalue weighted by Crippen LogP contribution is -2.34. The number of rotatable bonds is 10. The van der Waals surface area contributed by atoms with E-state index in [9.17, 15) is 18.0 Å². The molecule has 11 heteroatoms. The van der Waals surface area contributed by atoms with Gasteiger partial charge in [-0.15, -0.1) is 0 Å². The van der Waals surface area contributed by atoms with E-state index in [0.29, 0.717) is 48.0 Å². The summed E-state index contributed by atoms with van der Waals surface area (Å²) in [6.45, 7) is 1.97. The molecule has 3 heterocycles. The van der Waals surface area contributed by atoms with Crippen molar-refractivity contribution in [3.05, 3.63) is 59.5 Å². The van der Waals surface area contributed by atoms with E-state index in [1.807, 2.05) is 12.1 Å². The first-order valence-electron chi connectivity index (χ1n) is 12.8. The van der Waals surface area contributed by atoms with Gasteiger partial charge in [-0.1, -0.05) is 12.0 Å². The first kappa shape index (κ1) is 28.4. The quantitative estimate of drug-likeness (QED) is 0.267. The molecule has 0 bridgehead atoms. The fraction of sp³-hybridized carbons (Fsp3) is 0.429. The van der Waals surface area contributed by atoms with Gasteiger partial charge in [-0.3, -0.25) is 4.79 Å². The van der Waals surface area contributed by atoms with Crippen LogP contribution in [-0.2, 0) is 22.6 Å². The molecule has 208 valence electrons. The zero-order chi connectivity index (χ0) is 27.7. The summed E-state index contributed by atoms with van der Waals surface area (Å²) in [6, 6.07) is 10.8. The molecule has 0 unspecified atom stereocenters. The van der Waals surface area contributed by atoms with Crippen LogP contribution in [-0.4, -0.2) is 67.7 Å². The van der Waals surface area contributed by atoms with Gasteiger partial charge < -0.3 is 30.0 Å². The molecule has 4 rings (SSSR count). The second kappa shape index (κ2) is 13.5. The van der Waals surface area contributed by atoms with E-state index in [1.54, 1.807) is 31.4 Å². The van der Waals surface area contributed by atoms with Crippen molar-refractivity contribution in [3.8, 4) is 11.8 Å². The molecule has 1 amide bonds. The number of methoxy groups -OCH3 is 1. The van der Waals surface area contributed by atoms with Crippen molar-refractivity contribution in [2.24, 2.45) is 0 Å². The van der Waals surface area contributed by atoms with Crippen LogP contribution < -0.4 is 16.0 Å². The molecule has 39 heavy (non-hydrogen) atoms. The van der Waals surface area contributed by atoms with Gasteiger partial charge in [0.05, 0.1) is 30.7 Å². The molecule has 1 aliphatic heterocycles. The molecule has 0 aliphatic carbocycles. The highest BCUT2D eigenvalue weighted by Crippen LogP contribution is 2.26. The molecular weight excluding hydrogens is 511 g/mol. The number of anilines is 1. The molecule has 3 aromatic rings. The maximum Gasteiger partial charge on any atom is 0.406 e. The summed E-state index contributed by atoms with van der Waals surface area (Å²) in [5.74, 6) is 5.47. The van der Waals surface area contributed by atoms with Gasteiger partial charge >= 0.3 is 6.18 Å². The zero-order valence-corrected chi connectivity index (χ0v) is 21.7. The summed E-state index contributed by atoms with van der Waals surface area (Å²) >= 11 is 0. The fourth-order valence-electron chi connectivity index (χ4n) is 4.32. The van der Waals surface area contributed by atoms with Crippen LogP contribution in [0.15, 0.2) is 42.6 Å². The molecule has 0 saturated carbocycles. The lowest BCUT2D eigenvalue weighted by Gasteiger charge is -2.23. The topological polar surface area (TPSA) is 89.4 Å². The predicted octanol–water partition coefficient (Wildman–Crippen LogP) is 3.71. The Morgan fingerprint density at radius 3 is 2.74 bits per heavy atom. The average molecular weight is 544 g/mol. The van der Waals surface area contributed by atoms with Gasteiger partial charge in [0.25, 0.3) is 5.91 Å². The number of amides is 1. The van der Waals surface area contributed by atoms with Crippen molar-refractivity contribution < 1.29 is 27.4 Å². The van der Waals surface area contributed by atoms with Crippen molar-refractivity contribution in [3.63, 3.8) is 0 Å². The van der Waals surface area contributed by atoms with Gasteiger partial charge in [-0.05, 0) is 54.7 Å². The normalized spacial score (nSPS) is 14.2. The lowest BCUT2D eigenvalue weighted by atomic mass is 10.1. The Morgan fingerprint density at radius 1 is 1.21 bits per heavy atom. The third kappa shape index (κ3) is 8.45. The molecule has 0 radical (unpaired) electrons. The zero-order valence-electron chi connectivity index (χ0n) is 21.7. The number of aromatic nitrogens is 2. The molecular formula is C28H32F3N5O3. The minimum absolute atomic E-state index is 0.189. The maximum absolute atomic E-state index is 13.4.